The molecule has 34 heavy (non-hydrogen) atoms. The topological polar surface area (TPSA) is 82.6 Å². The van der Waals surface area contributed by atoms with Gasteiger partial charge in [-0.05, 0) is 54.1 Å². The Bertz CT molecular complexity index is 1230. The predicted octanol–water partition coefficient (Wildman–Crippen LogP) is 4.30. The summed E-state index contributed by atoms with van der Waals surface area (Å²) in [6, 6.07) is 19.2. The van der Waals surface area contributed by atoms with Crippen molar-refractivity contribution in [1.82, 2.24) is 19.7 Å². The van der Waals surface area contributed by atoms with Gasteiger partial charge in [0.2, 0.25) is 5.82 Å². The van der Waals surface area contributed by atoms with E-state index in [2.05, 4.69) is 10.2 Å². The Morgan fingerprint density at radius 3 is 2.47 bits per heavy atom. The molecular weight excluding hydrogens is 452 g/mol. The van der Waals surface area contributed by atoms with Gasteiger partial charge in [0.05, 0.1) is 32.3 Å². The predicted molar refractivity (Wildman–Crippen MR) is 128 cm³/mol. The lowest BCUT2D eigenvalue weighted by atomic mass is 10.1. The maximum absolute atomic E-state index is 12.7. The number of morpholine rings is 1. The summed E-state index contributed by atoms with van der Waals surface area (Å²) in [5, 5.41) is 9.55. The first-order chi connectivity index (χ1) is 16.7. The molecule has 5 rings (SSSR count). The zero-order chi connectivity index (χ0) is 23.3. The summed E-state index contributed by atoms with van der Waals surface area (Å²) in [6.45, 7) is 2.45. The Kier molecular flexibility index (Phi) is 6.64. The van der Waals surface area contributed by atoms with Crippen LogP contribution in [0.2, 0.25) is 0 Å². The molecule has 1 amide bonds. The lowest BCUT2D eigenvalue weighted by Gasteiger charge is -2.26. The molecule has 3 heterocycles. The molecule has 174 valence electrons. The van der Waals surface area contributed by atoms with Gasteiger partial charge in [0.25, 0.3) is 5.91 Å². The third-order valence-electron chi connectivity index (χ3n) is 5.57. The minimum absolute atomic E-state index is 0.0461. The van der Waals surface area contributed by atoms with E-state index in [1.807, 2.05) is 70.1 Å². The molecule has 9 heteroatoms. The summed E-state index contributed by atoms with van der Waals surface area (Å²) in [5.41, 5.74) is 2.69. The van der Waals surface area contributed by atoms with Crippen LogP contribution in [0.1, 0.15) is 15.9 Å². The Balaban J connectivity index is 1.34. The molecule has 0 saturated carbocycles. The van der Waals surface area contributed by atoms with Gasteiger partial charge in [-0.25, -0.2) is 0 Å². The lowest BCUT2D eigenvalue weighted by molar-refractivity contribution is 0.0303. The number of nitrogens with zero attached hydrogens (tertiary/aromatic N) is 4. The first-order valence-electron chi connectivity index (χ1n) is 11.0. The van der Waals surface area contributed by atoms with Crippen LogP contribution in [0, 0.1) is 0 Å². The number of amides is 1. The molecular formula is C25H24N4O4S. The number of hydrogen-bond donors (Lipinski definition) is 0. The van der Waals surface area contributed by atoms with Crippen LogP contribution in [0.4, 0.5) is 0 Å². The number of thioether (sulfide) groups is 1. The molecule has 1 aliphatic heterocycles. The minimum Gasteiger partial charge on any atom is -0.497 e. The molecule has 0 atom stereocenters. The average Bonchev–Trinajstić information content (AvgIpc) is 3.58. The lowest BCUT2D eigenvalue weighted by Crippen LogP contribution is -2.40. The summed E-state index contributed by atoms with van der Waals surface area (Å²) in [4.78, 5) is 14.5. The molecule has 0 bridgehead atoms. The van der Waals surface area contributed by atoms with E-state index in [1.54, 1.807) is 25.1 Å². The SMILES string of the molecule is COc1ccc(-n2c(SCc3ccc(C(=O)N4CCOCC4)cc3)nnc2-c2ccco2)cc1. The first kappa shape index (κ1) is 22.2. The van der Waals surface area contributed by atoms with Gasteiger partial charge in [-0.15, -0.1) is 10.2 Å². The summed E-state index contributed by atoms with van der Waals surface area (Å²) < 4.78 is 18.2. The third kappa shape index (κ3) is 4.71. The Hall–Kier alpha value is -3.56. The first-order valence-corrected chi connectivity index (χ1v) is 11.9. The van der Waals surface area contributed by atoms with E-state index in [0.29, 0.717) is 49.2 Å². The van der Waals surface area contributed by atoms with E-state index < -0.39 is 0 Å². The second-order valence-electron chi connectivity index (χ2n) is 7.71. The molecule has 1 fully saturated rings. The van der Waals surface area contributed by atoms with Crippen LogP contribution in [0.25, 0.3) is 17.3 Å². The fourth-order valence-corrected chi connectivity index (χ4v) is 4.64. The number of methoxy groups -OCH3 is 1. The van der Waals surface area contributed by atoms with E-state index in [1.165, 1.54) is 0 Å². The highest BCUT2D eigenvalue weighted by atomic mass is 32.2. The van der Waals surface area contributed by atoms with E-state index in [-0.39, 0.29) is 5.91 Å². The van der Waals surface area contributed by atoms with Crippen LogP contribution in [0.15, 0.2) is 76.5 Å². The van der Waals surface area contributed by atoms with Crippen LogP contribution in [0.3, 0.4) is 0 Å². The highest BCUT2D eigenvalue weighted by Gasteiger charge is 2.20. The van der Waals surface area contributed by atoms with Crippen LogP contribution in [-0.4, -0.2) is 59.0 Å². The van der Waals surface area contributed by atoms with Gasteiger partial charge in [-0.3, -0.25) is 9.36 Å². The van der Waals surface area contributed by atoms with Gasteiger partial charge in [0.1, 0.15) is 5.75 Å². The van der Waals surface area contributed by atoms with Gasteiger partial charge >= 0.3 is 0 Å². The number of aromatic nitrogens is 3. The number of ether oxygens (including phenoxy) is 2. The van der Waals surface area contributed by atoms with Crippen molar-refractivity contribution in [3.8, 4) is 23.0 Å². The second-order valence-corrected chi connectivity index (χ2v) is 8.65. The summed E-state index contributed by atoms with van der Waals surface area (Å²) in [6.07, 6.45) is 1.62. The van der Waals surface area contributed by atoms with Crippen LogP contribution in [0.5, 0.6) is 5.75 Å². The molecule has 0 radical (unpaired) electrons. The smallest absolute Gasteiger partial charge is 0.254 e. The van der Waals surface area contributed by atoms with Crippen molar-refractivity contribution in [3.05, 3.63) is 78.1 Å². The number of hydrogen-bond acceptors (Lipinski definition) is 7. The van der Waals surface area contributed by atoms with E-state index in [9.17, 15) is 4.79 Å². The standard InChI is InChI=1S/C25H24N4O4S/c1-31-21-10-8-20(9-11-21)29-23(22-3-2-14-33-22)26-27-25(29)34-17-18-4-6-19(7-5-18)24(30)28-12-15-32-16-13-28/h2-11,14H,12-13,15-17H2,1H3. The minimum atomic E-state index is 0.0461. The van der Waals surface area contributed by atoms with Crippen molar-refractivity contribution >= 4 is 17.7 Å². The fourth-order valence-electron chi connectivity index (χ4n) is 3.73. The van der Waals surface area contributed by atoms with Crippen LogP contribution in [-0.2, 0) is 10.5 Å². The van der Waals surface area contributed by atoms with Crippen LogP contribution < -0.4 is 4.74 Å². The van der Waals surface area contributed by atoms with Crippen molar-refractivity contribution in [2.75, 3.05) is 33.4 Å². The van der Waals surface area contributed by atoms with Crippen molar-refractivity contribution < 1.29 is 18.7 Å². The van der Waals surface area contributed by atoms with Gasteiger partial charge in [0.15, 0.2) is 10.9 Å². The molecule has 1 saturated heterocycles. The maximum atomic E-state index is 12.7. The van der Waals surface area contributed by atoms with Gasteiger partial charge < -0.3 is 18.8 Å². The normalized spacial score (nSPS) is 13.7. The van der Waals surface area contributed by atoms with E-state index in [0.717, 1.165) is 22.2 Å². The van der Waals surface area contributed by atoms with Gasteiger partial charge in [-0.2, -0.15) is 0 Å². The summed E-state index contributed by atoms with van der Waals surface area (Å²) >= 11 is 1.57. The molecule has 0 aliphatic carbocycles. The Morgan fingerprint density at radius 1 is 1.03 bits per heavy atom. The van der Waals surface area contributed by atoms with Crippen LogP contribution >= 0.6 is 11.8 Å². The highest BCUT2D eigenvalue weighted by molar-refractivity contribution is 7.98. The molecule has 1 aliphatic rings. The van der Waals surface area contributed by atoms with E-state index in [4.69, 9.17) is 13.9 Å². The molecule has 2 aromatic carbocycles. The molecule has 0 spiro atoms. The molecule has 8 nitrogen and oxygen atoms in total. The summed E-state index contributed by atoms with van der Waals surface area (Å²) in [5.74, 6) is 2.77. The summed E-state index contributed by atoms with van der Waals surface area (Å²) in [7, 11) is 1.64. The van der Waals surface area contributed by atoms with Crippen molar-refractivity contribution in [3.63, 3.8) is 0 Å². The number of rotatable bonds is 7. The molecule has 4 aromatic rings. The quantitative estimate of drug-likeness (QED) is 0.368. The van der Waals surface area contributed by atoms with Crippen molar-refractivity contribution in [2.24, 2.45) is 0 Å². The monoisotopic (exact) mass is 476 g/mol. The van der Waals surface area contributed by atoms with Gasteiger partial charge in [-0.1, -0.05) is 23.9 Å². The van der Waals surface area contributed by atoms with Gasteiger partial charge in [0, 0.05) is 24.4 Å². The number of carbonyl (C=O) groups is 1. The highest BCUT2D eigenvalue weighted by Crippen LogP contribution is 2.30. The second kappa shape index (κ2) is 10.1. The van der Waals surface area contributed by atoms with Crippen molar-refractivity contribution in [1.29, 1.82) is 0 Å². The Morgan fingerprint density at radius 2 is 1.79 bits per heavy atom. The number of furan rings is 1. The molecule has 0 unspecified atom stereocenters. The average molecular weight is 477 g/mol. The number of benzene rings is 2. The number of carbonyl (C=O) groups excluding carboxylic acids is 1. The Labute approximate surface area is 201 Å². The maximum Gasteiger partial charge on any atom is 0.254 e. The molecule has 2 aromatic heterocycles. The third-order valence-corrected chi connectivity index (χ3v) is 6.57. The zero-order valence-electron chi connectivity index (χ0n) is 18.7. The van der Waals surface area contributed by atoms with Crippen molar-refractivity contribution in [2.45, 2.75) is 10.9 Å². The zero-order valence-corrected chi connectivity index (χ0v) is 19.5. The largest absolute Gasteiger partial charge is 0.497 e. The van der Waals surface area contributed by atoms with E-state index >= 15 is 0 Å². The fraction of sp³-hybridized carbons (Fsp3) is 0.240. The molecule has 0 N–H and O–H groups in total.